The van der Waals surface area contributed by atoms with E-state index in [2.05, 4.69) is 0 Å². The number of halogens is 3. The highest BCUT2D eigenvalue weighted by Gasteiger charge is 2.39. The third-order valence-corrected chi connectivity index (χ3v) is 4.73. The average Bonchev–Trinajstić information content (AvgIpc) is 2.96. The van der Waals surface area contributed by atoms with Crippen LogP contribution in [0.15, 0.2) is 24.3 Å². The Morgan fingerprint density at radius 2 is 1.96 bits per heavy atom. The first kappa shape index (κ1) is 17.2. The molecule has 2 aliphatic heterocycles. The van der Waals surface area contributed by atoms with Crippen molar-refractivity contribution in [3.8, 4) is 0 Å². The molecule has 2 aliphatic rings. The van der Waals surface area contributed by atoms with Crippen molar-refractivity contribution in [3.05, 3.63) is 35.4 Å². The van der Waals surface area contributed by atoms with Gasteiger partial charge in [0, 0.05) is 25.7 Å². The van der Waals surface area contributed by atoms with Crippen molar-refractivity contribution < 1.29 is 27.8 Å². The Labute approximate surface area is 138 Å². The van der Waals surface area contributed by atoms with Gasteiger partial charge in [-0.15, -0.1) is 0 Å². The number of aliphatic hydroxyl groups is 1. The van der Waals surface area contributed by atoms with Crippen LogP contribution in [0.2, 0.25) is 0 Å². The summed E-state index contributed by atoms with van der Waals surface area (Å²) in [7, 11) is 0. The summed E-state index contributed by atoms with van der Waals surface area (Å²) in [5, 5.41) is 9.97. The van der Waals surface area contributed by atoms with E-state index in [4.69, 9.17) is 4.74 Å². The molecular formula is C17H20F3NO3. The van der Waals surface area contributed by atoms with E-state index in [0.29, 0.717) is 31.6 Å². The highest BCUT2D eigenvalue weighted by Crippen LogP contribution is 2.37. The van der Waals surface area contributed by atoms with Gasteiger partial charge in [-0.25, -0.2) is 0 Å². The average molecular weight is 343 g/mol. The quantitative estimate of drug-likeness (QED) is 0.898. The number of benzene rings is 1. The molecule has 2 saturated heterocycles. The molecule has 1 amide bonds. The van der Waals surface area contributed by atoms with E-state index in [1.165, 1.54) is 11.0 Å². The summed E-state index contributed by atoms with van der Waals surface area (Å²) in [4.78, 5) is 14.3. The molecule has 24 heavy (non-hydrogen) atoms. The number of β-amino-alcohol motifs (C(OH)–C–C–N with tert-alkyl or cyclic N) is 1. The van der Waals surface area contributed by atoms with Crippen molar-refractivity contribution in [3.63, 3.8) is 0 Å². The first-order valence-electron chi connectivity index (χ1n) is 8.09. The number of hydrogen-bond donors (Lipinski definition) is 1. The standard InChI is InChI=1S/C17H20F3NO3/c18-17(19,20)13-3-1-2-12(8-13)15-9-14(22)10-21(15)16(23)11-4-6-24-7-5-11/h1-3,8,11,14-15,22H,4-7,9-10H2. The van der Waals surface area contributed by atoms with Crippen molar-refractivity contribution in [2.24, 2.45) is 5.92 Å². The fraction of sp³-hybridized carbons (Fsp3) is 0.588. The molecule has 0 bridgehead atoms. The summed E-state index contributed by atoms with van der Waals surface area (Å²) < 4.78 is 44.1. The van der Waals surface area contributed by atoms with Gasteiger partial charge in [-0.3, -0.25) is 4.79 Å². The van der Waals surface area contributed by atoms with E-state index in [-0.39, 0.29) is 24.8 Å². The highest BCUT2D eigenvalue weighted by molar-refractivity contribution is 5.80. The molecule has 0 saturated carbocycles. The van der Waals surface area contributed by atoms with Crippen molar-refractivity contribution in [1.82, 2.24) is 4.90 Å². The molecule has 1 N–H and O–H groups in total. The number of carbonyl (C=O) groups excluding carboxylic acids is 1. The Kier molecular flexibility index (Phi) is 4.83. The monoisotopic (exact) mass is 343 g/mol. The van der Waals surface area contributed by atoms with Crippen LogP contribution < -0.4 is 0 Å². The molecule has 0 radical (unpaired) electrons. The topological polar surface area (TPSA) is 49.8 Å². The first-order valence-corrected chi connectivity index (χ1v) is 8.09. The second-order valence-electron chi connectivity index (χ2n) is 6.41. The summed E-state index contributed by atoms with van der Waals surface area (Å²) in [5.41, 5.74) is -0.318. The summed E-state index contributed by atoms with van der Waals surface area (Å²) in [6.45, 7) is 1.19. The van der Waals surface area contributed by atoms with Gasteiger partial charge in [-0.2, -0.15) is 13.2 Å². The minimum absolute atomic E-state index is 0.0998. The van der Waals surface area contributed by atoms with E-state index >= 15 is 0 Å². The Hall–Kier alpha value is -1.60. The number of rotatable bonds is 2. The number of amides is 1. The maximum absolute atomic E-state index is 12.9. The van der Waals surface area contributed by atoms with Crippen LogP contribution in [-0.2, 0) is 15.7 Å². The lowest BCUT2D eigenvalue weighted by molar-refractivity contribution is -0.139. The molecule has 0 aromatic heterocycles. The molecule has 2 atom stereocenters. The molecule has 2 unspecified atom stereocenters. The minimum Gasteiger partial charge on any atom is -0.391 e. The number of likely N-dealkylation sites (tertiary alicyclic amines) is 1. The van der Waals surface area contributed by atoms with E-state index in [0.717, 1.165) is 12.1 Å². The fourth-order valence-corrected chi connectivity index (χ4v) is 3.47. The van der Waals surface area contributed by atoms with E-state index in [1.807, 2.05) is 0 Å². The van der Waals surface area contributed by atoms with Gasteiger partial charge in [0.05, 0.1) is 17.7 Å². The van der Waals surface area contributed by atoms with Gasteiger partial charge >= 0.3 is 6.18 Å². The second kappa shape index (κ2) is 6.72. The lowest BCUT2D eigenvalue weighted by Gasteiger charge is -2.31. The predicted molar refractivity (Wildman–Crippen MR) is 80.1 cm³/mol. The zero-order chi connectivity index (χ0) is 17.3. The minimum atomic E-state index is -4.43. The Bertz CT molecular complexity index is 599. The SMILES string of the molecule is O=C(C1CCOCC1)N1CC(O)CC1c1cccc(C(F)(F)F)c1. The number of carbonyl (C=O) groups is 1. The summed E-state index contributed by atoms with van der Waals surface area (Å²) in [6, 6.07) is 4.51. The third-order valence-electron chi connectivity index (χ3n) is 4.73. The lowest BCUT2D eigenvalue weighted by atomic mass is 9.96. The van der Waals surface area contributed by atoms with Gasteiger partial charge in [0.25, 0.3) is 0 Å². The molecule has 7 heteroatoms. The molecule has 1 aromatic rings. The number of alkyl halides is 3. The molecule has 2 fully saturated rings. The molecule has 0 spiro atoms. The van der Waals surface area contributed by atoms with Crippen molar-refractivity contribution in [2.75, 3.05) is 19.8 Å². The maximum atomic E-state index is 12.9. The van der Waals surface area contributed by atoms with Crippen molar-refractivity contribution >= 4 is 5.91 Å². The van der Waals surface area contributed by atoms with E-state index in [9.17, 15) is 23.1 Å². The second-order valence-corrected chi connectivity index (χ2v) is 6.41. The van der Waals surface area contributed by atoms with Gasteiger partial charge in [-0.05, 0) is 37.0 Å². The largest absolute Gasteiger partial charge is 0.416 e. The number of aliphatic hydroxyl groups excluding tert-OH is 1. The van der Waals surface area contributed by atoms with Crippen LogP contribution in [0.1, 0.15) is 36.4 Å². The lowest BCUT2D eigenvalue weighted by Crippen LogP contribution is -2.38. The molecule has 0 aliphatic carbocycles. The van der Waals surface area contributed by atoms with Crippen molar-refractivity contribution in [2.45, 2.75) is 37.6 Å². The van der Waals surface area contributed by atoms with E-state index < -0.39 is 23.9 Å². The Morgan fingerprint density at radius 1 is 1.25 bits per heavy atom. The van der Waals surface area contributed by atoms with Gasteiger partial charge in [0.1, 0.15) is 0 Å². The third kappa shape index (κ3) is 3.57. The molecule has 132 valence electrons. The van der Waals surface area contributed by atoms with Gasteiger partial charge in [-0.1, -0.05) is 12.1 Å². The van der Waals surface area contributed by atoms with Gasteiger partial charge in [0.2, 0.25) is 5.91 Å². The maximum Gasteiger partial charge on any atom is 0.416 e. The number of hydrogen-bond acceptors (Lipinski definition) is 3. The molecule has 2 heterocycles. The number of nitrogens with zero attached hydrogens (tertiary/aromatic N) is 1. The van der Waals surface area contributed by atoms with Crippen LogP contribution in [0, 0.1) is 5.92 Å². The molecule has 3 rings (SSSR count). The predicted octanol–water partition coefficient (Wildman–Crippen LogP) is 2.77. The van der Waals surface area contributed by atoms with Crippen LogP contribution in [0.5, 0.6) is 0 Å². The summed E-state index contributed by atoms with van der Waals surface area (Å²) in [6.07, 6.45) is -3.66. The van der Waals surface area contributed by atoms with Crippen LogP contribution >= 0.6 is 0 Å². The zero-order valence-electron chi connectivity index (χ0n) is 13.1. The van der Waals surface area contributed by atoms with Crippen LogP contribution in [0.25, 0.3) is 0 Å². The van der Waals surface area contributed by atoms with Crippen LogP contribution in [0.4, 0.5) is 13.2 Å². The summed E-state index contributed by atoms with van der Waals surface area (Å²) in [5.74, 6) is -0.283. The highest BCUT2D eigenvalue weighted by atomic mass is 19.4. The van der Waals surface area contributed by atoms with E-state index in [1.54, 1.807) is 6.07 Å². The Morgan fingerprint density at radius 3 is 2.62 bits per heavy atom. The summed E-state index contributed by atoms with van der Waals surface area (Å²) >= 11 is 0. The van der Waals surface area contributed by atoms with Gasteiger partial charge < -0.3 is 14.7 Å². The van der Waals surface area contributed by atoms with Crippen LogP contribution in [0.3, 0.4) is 0 Å². The first-order chi connectivity index (χ1) is 11.4. The molecular weight excluding hydrogens is 323 g/mol. The smallest absolute Gasteiger partial charge is 0.391 e. The molecule has 4 nitrogen and oxygen atoms in total. The zero-order valence-corrected chi connectivity index (χ0v) is 13.1. The number of ether oxygens (including phenoxy) is 1. The normalized spacial score (nSPS) is 25.9. The van der Waals surface area contributed by atoms with Crippen LogP contribution in [-0.4, -0.2) is 41.8 Å². The molecule has 1 aromatic carbocycles. The fourth-order valence-electron chi connectivity index (χ4n) is 3.47. The van der Waals surface area contributed by atoms with Crippen molar-refractivity contribution in [1.29, 1.82) is 0 Å². The Balaban J connectivity index is 1.84. The van der Waals surface area contributed by atoms with Gasteiger partial charge in [0.15, 0.2) is 0 Å².